The van der Waals surface area contributed by atoms with Crippen LogP contribution < -0.4 is 15.4 Å². The van der Waals surface area contributed by atoms with Gasteiger partial charge in [0.15, 0.2) is 23.2 Å². The highest BCUT2D eigenvalue weighted by Crippen LogP contribution is 2.40. The molecular formula is C29H34Cl2F3N3O2. The molecule has 3 aromatic carbocycles. The van der Waals surface area contributed by atoms with Crippen molar-refractivity contribution in [2.45, 2.75) is 31.6 Å². The van der Waals surface area contributed by atoms with Gasteiger partial charge in [0, 0.05) is 23.2 Å². The maximum atomic E-state index is 14.0. The van der Waals surface area contributed by atoms with Gasteiger partial charge in [-0.2, -0.15) is 0 Å². The zero-order valence-corrected chi connectivity index (χ0v) is 23.8. The molecule has 1 aliphatic rings. The van der Waals surface area contributed by atoms with Crippen LogP contribution in [0.25, 0.3) is 0 Å². The van der Waals surface area contributed by atoms with Crippen molar-refractivity contribution in [2.75, 3.05) is 39.0 Å². The molecule has 10 heteroatoms. The summed E-state index contributed by atoms with van der Waals surface area (Å²) in [5.41, 5.74) is 4.10. The second kappa shape index (κ2) is 14.0. The molecule has 0 saturated carbocycles. The van der Waals surface area contributed by atoms with E-state index in [2.05, 4.69) is 29.7 Å². The maximum absolute atomic E-state index is 14.0. The highest BCUT2D eigenvalue weighted by Gasteiger charge is 2.35. The summed E-state index contributed by atoms with van der Waals surface area (Å²) in [6, 6.07) is 14.5. The molecule has 5 nitrogen and oxygen atoms in total. The fourth-order valence-electron chi connectivity index (χ4n) is 4.98. The number of carbonyl (C=O) groups excluding carboxylic acids is 1. The molecular weight excluding hydrogens is 550 g/mol. The molecule has 0 atom stereocenters. The molecule has 0 unspecified atom stereocenters. The Morgan fingerprint density at radius 3 is 2.23 bits per heavy atom. The third kappa shape index (κ3) is 8.11. The molecule has 1 aliphatic heterocycles. The number of hydrogen-bond acceptors (Lipinski definition) is 4. The minimum Gasteiger partial charge on any atom is -0.454 e. The Morgan fingerprint density at radius 2 is 1.59 bits per heavy atom. The van der Waals surface area contributed by atoms with E-state index in [-0.39, 0.29) is 41.9 Å². The quantitative estimate of drug-likeness (QED) is 0.301. The molecule has 2 N–H and O–H groups in total. The van der Waals surface area contributed by atoms with E-state index in [1.54, 1.807) is 12.1 Å². The highest BCUT2D eigenvalue weighted by molar-refractivity contribution is 5.92. The Hall–Kier alpha value is -2.78. The number of nitrogens with zero attached hydrogens (tertiary/aromatic N) is 1. The lowest BCUT2D eigenvalue weighted by Crippen LogP contribution is -2.42. The number of carbonyl (C=O) groups is 1. The summed E-state index contributed by atoms with van der Waals surface area (Å²) in [4.78, 5) is 14.2. The molecule has 0 aliphatic carbocycles. The van der Waals surface area contributed by atoms with Crippen LogP contribution >= 0.6 is 24.8 Å². The monoisotopic (exact) mass is 583 g/mol. The van der Waals surface area contributed by atoms with Crippen LogP contribution in [0.3, 0.4) is 0 Å². The lowest BCUT2D eigenvalue weighted by atomic mass is 9.68. The first-order valence-electron chi connectivity index (χ1n) is 12.3. The van der Waals surface area contributed by atoms with Crippen LogP contribution in [-0.2, 0) is 16.6 Å². The number of rotatable bonds is 8. The van der Waals surface area contributed by atoms with Gasteiger partial charge in [0.1, 0.15) is 5.75 Å². The number of hydrogen-bond donors (Lipinski definition) is 2. The minimum atomic E-state index is -1.26. The van der Waals surface area contributed by atoms with E-state index in [9.17, 15) is 18.0 Å². The van der Waals surface area contributed by atoms with Gasteiger partial charge in [-0.25, -0.2) is 13.2 Å². The minimum absolute atomic E-state index is 0. The summed E-state index contributed by atoms with van der Waals surface area (Å²) in [6.07, 6.45) is 2.63. The molecule has 1 heterocycles. The SMILES string of the molecule is Cc1ccc(NC(=O)CN(C)C)cc1C1(Cc2ccc(Oc3cc(F)c(F)cc3F)cc2)CCNCC1.Cl.Cl. The van der Waals surface area contributed by atoms with Crippen molar-refractivity contribution in [1.29, 1.82) is 0 Å². The van der Waals surface area contributed by atoms with Gasteiger partial charge < -0.3 is 20.3 Å². The van der Waals surface area contributed by atoms with Gasteiger partial charge in [-0.1, -0.05) is 18.2 Å². The molecule has 39 heavy (non-hydrogen) atoms. The number of halogens is 5. The predicted octanol–water partition coefficient (Wildman–Crippen LogP) is 6.41. The standard InChI is InChI=1S/C29H32F3N3O2.2ClH/c1-19-4-7-21(34-28(36)18-35(2)3)14-23(19)29(10-12-33-13-11-29)17-20-5-8-22(9-6-20)37-27-16-25(31)24(30)15-26(27)32;;/h4-9,14-16,33H,10-13,17-18H2,1-3H3,(H,34,36);2*1H. The first-order valence-corrected chi connectivity index (χ1v) is 12.3. The smallest absolute Gasteiger partial charge is 0.238 e. The van der Waals surface area contributed by atoms with E-state index in [0.29, 0.717) is 24.4 Å². The largest absolute Gasteiger partial charge is 0.454 e. The number of anilines is 1. The van der Waals surface area contributed by atoms with Gasteiger partial charge in [-0.3, -0.25) is 4.79 Å². The number of piperidine rings is 1. The van der Waals surface area contributed by atoms with Crippen LogP contribution in [0.15, 0.2) is 54.6 Å². The number of ether oxygens (including phenoxy) is 1. The van der Waals surface area contributed by atoms with Crippen molar-refractivity contribution in [2.24, 2.45) is 0 Å². The summed E-state index contributed by atoms with van der Waals surface area (Å²) in [5.74, 6) is -3.50. The van der Waals surface area contributed by atoms with E-state index < -0.39 is 17.5 Å². The van der Waals surface area contributed by atoms with Crippen LogP contribution in [0.5, 0.6) is 11.5 Å². The van der Waals surface area contributed by atoms with E-state index in [0.717, 1.165) is 43.6 Å². The van der Waals surface area contributed by atoms with Crippen LogP contribution in [0.4, 0.5) is 18.9 Å². The molecule has 1 fully saturated rings. The summed E-state index contributed by atoms with van der Waals surface area (Å²) >= 11 is 0. The molecule has 1 amide bonds. The van der Waals surface area contributed by atoms with Crippen LogP contribution in [0.2, 0.25) is 0 Å². The predicted molar refractivity (Wildman–Crippen MR) is 153 cm³/mol. The van der Waals surface area contributed by atoms with Crippen LogP contribution in [0.1, 0.15) is 29.5 Å². The first-order chi connectivity index (χ1) is 17.6. The van der Waals surface area contributed by atoms with E-state index in [1.165, 1.54) is 11.1 Å². The lowest BCUT2D eigenvalue weighted by Gasteiger charge is -2.40. The number of aryl methyl sites for hydroxylation is 1. The molecule has 0 radical (unpaired) electrons. The fourth-order valence-corrected chi connectivity index (χ4v) is 4.98. The topological polar surface area (TPSA) is 53.6 Å². The third-order valence-corrected chi connectivity index (χ3v) is 6.78. The zero-order valence-electron chi connectivity index (χ0n) is 22.2. The molecule has 212 valence electrons. The molecule has 0 spiro atoms. The average Bonchev–Trinajstić information content (AvgIpc) is 2.85. The highest BCUT2D eigenvalue weighted by atomic mass is 35.5. The Labute approximate surface area is 239 Å². The van der Waals surface area contributed by atoms with Crippen molar-refractivity contribution < 1.29 is 22.7 Å². The third-order valence-electron chi connectivity index (χ3n) is 6.78. The second-order valence-corrected chi connectivity index (χ2v) is 9.97. The van der Waals surface area contributed by atoms with Crippen molar-refractivity contribution in [3.8, 4) is 11.5 Å². The van der Waals surface area contributed by atoms with Crippen molar-refractivity contribution in [1.82, 2.24) is 10.2 Å². The van der Waals surface area contributed by atoms with Gasteiger partial charge in [0.25, 0.3) is 0 Å². The van der Waals surface area contributed by atoms with Crippen molar-refractivity contribution >= 4 is 36.4 Å². The number of likely N-dealkylation sites (N-methyl/N-ethyl adjacent to an activating group) is 1. The van der Waals surface area contributed by atoms with E-state index in [1.807, 2.05) is 37.2 Å². The summed E-state index contributed by atoms with van der Waals surface area (Å²) in [7, 11) is 3.71. The Kier molecular flexibility index (Phi) is 11.7. The summed E-state index contributed by atoms with van der Waals surface area (Å²) in [5, 5.41) is 6.46. The molecule has 3 aromatic rings. The molecule has 0 aromatic heterocycles. The van der Waals surface area contributed by atoms with Crippen LogP contribution in [0, 0.1) is 24.4 Å². The number of amides is 1. The second-order valence-electron chi connectivity index (χ2n) is 9.97. The number of benzene rings is 3. The van der Waals surface area contributed by atoms with E-state index in [4.69, 9.17) is 4.74 Å². The van der Waals surface area contributed by atoms with Crippen LogP contribution in [-0.4, -0.2) is 44.5 Å². The van der Waals surface area contributed by atoms with Crippen molar-refractivity contribution in [3.63, 3.8) is 0 Å². The fraction of sp³-hybridized carbons (Fsp3) is 0.345. The zero-order chi connectivity index (χ0) is 26.6. The Bertz CT molecular complexity index is 1270. The van der Waals surface area contributed by atoms with Gasteiger partial charge >= 0.3 is 0 Å². The molecule has 1 saturated heterocycles. The Morgan fingerprint density at radius 1 is 0.949 bits per heavy atom. The molecule has 4 rings (SSSR count). The first kappa shape index (κ1) is 32.4. The Balaban J connectivity index is 0.00000267. The van der Waals surface area contributed by atoms with Gasteiger partial charge in [0.2, 0.25) is 5.91 Å². The summed E-state index contributed by atoms with van der Waals surface area (Å²) in [6.45, 7) is 4.17. The average molecular weight is 585 g/mol. The lowest BCUT2D eigenvalue weighted by molar-refractivity contribution is -0.116. The summed E-state index contributed by atoms with van der Waals surface area (Å²) < 4.78 is 46.2. The maximum Gasteiger partial charge on any atom is 0.238 e. The van der Waals surface area contributed by atoms with Gasteiger partial charge in [0.05, 0.1) is 6.54 Å². The van der Waals surface area contributed by atoms with Gasteiger partial charge in [-0.05, 0) is 94.3 Å². The van der Waals surface area contributed by atoms with E-state index >= 15 is 0 Å². The normalized spacial score (nSPS) is 14.2. The number of nitrogens with one attached hydrogen (secondary N) is 2. The molecule has 0 bridgehead atoms. The van der Waals surface area contributed by atoms with Crippen molar-refractivity contribution in [3.05, 3.63) is 88.7 Å². The van der Waals surface area contributed by atoms with Gasteiger partial charge in [-0.15, -0.1) is 24.8 Å².